The van der Waals surface area contributed by atoms with Gasteiger partial charge in [-0.1, -0.05) is 65.0 Å². The number of hydrogen-bond acceptors (Lipinski definition) is 2. The lowest BCUT2D eigenvalue weighted by atomic mass is 10.2. The van der Waals surface area contributed by atoms with Crippen LogP contribution in [0.4, 0.5) is 0 Å². The predicted octanol–water partition coefficient (Wildman–Crippen LogP) is 3.90. The normalized spacial score (nSPS) is 9.47. The number of rotatable bonds is 4. The molecule has 2 aromatic carbocycles. The molecular formula is C15H18N2S2. The summed E-state index contributed by atoms with van der Waals surface area (Å²) in [5, 5.41) is 0. The molecule has 0 saturated heterocycles. The molecule has 0 bridgehead atoms. The second-order valence-corrected chi connectivity index (χ2v) is 5.12. The van der Waals surface area contributed by atoms with Crippen LogP contribution in [-0.2, 0) is 25.7 Å². The minimum atomic E-state index is 0. The van der Waals surface area contributed by atoms with Crippen LogP contribution in [0.2, 0.25) is 0 Å². The summed E-state index contributed by atoms with van der Waals surface area (Å²) in [6.07, 6.45) is 0. The fourth-order valence-corrected chi connectivity index (χ4v) is 2.05. The van der Waals surface area contributed by atoms with Crippen molar-refractivity contribution in [2.75, 3.05) is 0 Å². The van der Waals surface area contributed by atoms with E-state index in [4.69, 9.17) is 24.8 Å². The Labute approximate surface area is 125 Å². The quantitative estimate of drug-likeness (QED) is 0.686. The minimum Gasteiger partial charge on any atom is -0.411 e. The van der Waals surface area contributed by atoms with Gasteiger partial charge in [-0.25, -0.2) is 0 Å². The second kappa shape index (κ2) is 7.84. The van der Waals surface area contributed by atoms with Gasteiger partial charge in [0, 0.05) is 13.1 Å². The third-order valence-electron chi connectivity index (χ3n) is 2.69. The molecule has 2 nitrogen and oxygen atoms in total. The number of thiocarbonyl (C=S) groups is 1. The van der Waals surface area contributed by atoms with Crippen LogP contribution in [-0.4, -0.2) is 9.22 Å². The van der Waals surface area contributed by atoms with Gasteiger partial charge >= 0.3 is 0 Å². The Balaban J connectivity index is 0.00000180. The first-order chi connectivity index (χ1) is 8.75. The summed E-state index contributed by atoms with van der Waals surface area (Å²) < 4.78 is 0.516. The average molecular weight is 290 g/mol. The van der Waals surface area contributed by atoms with E-state index in [1.807, 2.05) is 41.3 Å². The van der Waals surface area contributed by atoms with Crippen LogP contribution in [0.1, 0.15) is 11.1 Å². The fourth-order valence-electron chi connectivity index (χ4n) is 1.79. The molecule has 0 atom stereocenters. The van der Waals surface area contributed by atoms with Crippen LogP contribution < -0.4 is 6.15 Å². The molecule has 0 spiro atoms. The molecule has 19 heavy (non-hydrogen) atoms. The summed E-state index contributed by atoms with van der Waals surface area (Å²) in [4.78, 5) is 2.04. The largest absolute Gasteiger partial charge is 0.411 e. The highest BCUT2D eigenvalue weighted by molar-refractivity contribution is 8.00. The predicted molar refractivity (Wildman–Crippen MR) is 88.1 cm³/mol. The van der Waals surface area contributed by atoms with Crippen LogP contribution >= 0.6 is 12.2 Å². The van der Waals surface area contributed by atoms with E-state index < -0.39 is 0 Å². The molecule has 0 radical (unpaired) electrons. The lowest BCUT2D eigenvalue weighted by molar-refractivity contribution is 0.421. The molecule has 0 heterocycles. The maximum absolute atomic E-state index is 5.16. The highest BCUT2D eigenvalue weighted by Crippen LogP contribution is 2.10. The van der Waals surface area contributed by atoms with Crippen LogP contribution in [0, 0.1) is 0 Å². The zero-order valence-corrected chi connectivity index (χ0v) is 12.6. The van der Waals surface area contributed by atoms with E-state index in [1.54, 1.807) is 0 Å². The molecule has 0 saturated carbocycles. The fraction of sp³-hybridized carbons (Fsp3) is 0.133. The molecule has 2 rings (SSSR count). The second-order valence-electron chi connectivity index (χ2n) is 4.09. The summed E-state index contributed by atoms with van der Waals surface area (Å²) >= 11 is 10.3. The van der Waals surface area contributed by atoms with E-state index in [2.05, 4.69) is 24.3 Å². The summed E-state index contributed by atoms with van der Waals surface area (Å²) in [6, 6.07) is 20.5. The molecule has 0 amide bonds. The van der Waals surface area contributed by atoms with Crippen molar-refractivity contribution in [3.63, 3.8) is 0 Å². The van der Waals surface area contributed by atoms with Crippen molar-refractivity contribution in [1.82, 2.24) is 11.1 Å². The summed E-state index contributed by atoms with van der Waals surface area (Å²) in [7, 11) is 0. The first kappa shape index (κ1) is 15.6. The molecule has 0 aromatic heterocycles. The highest BCUT2D eigenvalue weighted by atomic mass is 32.1. The lowest BCUT2D eigenvalue weighted by Crippen LogP contribution is -2.26. The average Bonchev–Trinajstić information content (AvgIpc) is 2.40. The smallest absolute Gasteiger partial charge is 0.0417 e. The maximum Gasteiger partial charge on any atom is 0.0417 e. The first-order valence-electron chi connectivity index (χ1n) is 5.79. The van der Waals surface area contributed by atoms with E-state index in [9.17, 15) is 0 Å². The summed E-state index contributed by atoms with van der Waals surface area (Å²) in [5.41, 5.74) is 2.45. The third-order valence-corrected chi connectivity index (χ3v) is 3.21. The van der Waals surface area contributed by atoms with Crippen LogP contribution in [0.3, 0.4) is 0 Å². The van der Waals surface area contributed by atoms with E-state index in [-0.39, 0.29) is 6.15 Å². The Kier molecular flexibility index (Phi) is 6.42. The van der Waals surface area contributed by atoms with Crippen LogP contribution in [0.25, 0.3) is 0 Å². The molecule has 0 aliphatic rings. The number of benzene rings is 2. The first-order valence-corrected chi connectivity index (χ1v) is 6.61. The molecule has 0 fully saturated rings. The van der Waals surface area contributed by atoms with E-state index in [1.165, 1.54) is 11.1 Å². The van der Waals surface area contributed by atoms with E-state index in [0.717, 1.165) is 13.1 Å². The van der Waals surface area contributed by atoms with Gasteiger partial charge in [0.15, 0.2) is 0 Å². The summed E-state index contributed by atoms with van der Waals surface area (Å²) in [6.45, 7) is 1.52. The Hall–Kier alpha value is -1.49. The van der Waals surface area contributed by atoms with Gasteiger partial charge in [0.05, 0.1) is 0 Å². The third kappa shape index (κ3) is 4.95. The van der Waals surface area contributed by atoms with Crippen LogP contribution in [0.15, 0.2) is 60.7 Å². The number of quaternary nitrogens is 1. The molecule has 4 heteroatoms. The SMILES string of the molecule is S=C([S-])N(Cc1ccccc1)Cc1ccccc1.[NH4+]. The molecule has 4 N–H and O–H groups in total. The van der Waals surface area contributed by atoms with Crippen LogP contribution in [0.5, 0.6) is 0 Å². The van der Waals surface area contributed by atoms with Crippen molar-refractivity contribution >= 4 is 29.2 Å². The van der Waals surface area contributed by atoms with Gasteiger partial charge in [-0.2, -0.15) is 0 Å². The lowest BCUT2D eigenvalue weighted by Gasteiger charge is -2.28. The zero-order chi connectivity index (χ0) is 12.8. The zero-order valence-electron chi connectivity index (χ0n) is 11.0. The maximum atomic E-state index is 5.16. The van der Waals surface area contributed by atoms with Crippen molar-refractivity contribution in [3.8, 4) is 0 Å². The van der Waals surface area contributed by atoms with Gasteiger partial charge in [0.1, 0.15) is 0 Å². The van der Waals surface area contributed by atoms with Crippen molar-refractivity contribution in [2.24, 2.45) is 0 Å². The van der Waals surface area contributed by atoms with Crippen molar-refractivity contribution in [3.05, 3.63) is 71.8 Å². The van der Waals surface area contributed by atoms with Crippen molar-refractivity contribution < 1.29 is 0 Å². The molecule has 2 aromatic rings. The van der Waals surface area contributed by atoms with Gasteiger partial charge in [0.2, 0.25) is 0 Å². The Morgan fingerprint density at radius 1 is 0.842 bits per heavy atom. The van der Waals surface area contributed by atoms with Crippen molar-refractivity contribution in [1.29, 1.82) is 0 Å². The topological polar surface area (TPSA) is 39.7 Å². The minimum absolute atomic E-state index is 0. The molecule has 0 aliphatic heterocycles. The van der Waals surface area contributed by atoms with Gasteiger partial charge < -0.3 is 35.9 Å². The number of nitrogens with zero attached hydrogens (tertiary/aromatic N) is 1. The monoisotopic (exact) mass is 290 g/mol. The van der Waals surface area contributed by atoms with Gasteiger partial charge in [0.25, 0.3) is 0 Å². The molecule has 0 unspecified atom stereocenters. The number of hydrogen-bond donors (Lipinski definition) is 1. The van der Waals surface area contributed by atoms with Gasteiger partial charge in [-0.3, -0.25) is 0 Å². The standard InChI is InChI=1S/C15H15NS2.H3N/c17-15(18)16(11-13-7-3-1-4-8-13)12-14-9-5-2-6-10-14;/h1-10H,11-12H2,(H,17,18);1H3. The van der Waals surface area contributed by atoms with E-state index >= 15 is 0 Å². The Morgan fingerprint density at radius 2 is 1.21 bits per heavy atom. The Morgan fingerprint density at radius 3 is 1.53 bits per heavy atom. The summed E-state index contributed by atoms with van der Waals surface area (Å²) in [5.74, 6) is 0. The van der Waals surface area contributed by atoms with E-state index in [0.29, 0.717) is 4.32 Å². The molecule has 100 valence electrons. The molecular weight excluding hydrogens is 272 g/mol. The highest BCUT2D eigenvalue weighted by Gasteiger charge is 2.03. The van der Waals surface area contributed by atoms with Gasteiger partial charge in [-0.05, 0) is 11.1 Å². The molecule has 0 aliphatic carbocycles. The Bertz CT molecular complexity index is 459. The van der Waals surface area contributed by atoms with Crippen molar-refractivity contribution in [2.45, 2.75) is 13.1 Å². The van der Waals surface area contributed by atoms with Gasteiger partial charge in [-0.15, -0.1) is 0 Å².